The molecular formula is C16H31NO. The summed E-state index contributed by atoms with van der Waals surface area (Å²) < 4.78 is 5.72. The predicted molar refractivity (Wildman–Crippen MR) is 76.8 cm³/mol. The molecule has 0 aromatic rings. The van der Waals surface area contributed by atoms with Gasteiger partial charge in [-0.3, -0.25) is 0 Å². The van der Waals surface area contributed by atoms with Crippen LogP contribution in [0, 0.1) is 11.8 Å². The van der Waals surface area contributed by atoms with E-state index in [0.717, 1.165) is 18.4 Å². The molecule has 0 spiro atoms. The minimum absolute atomic E-state index is 0.544. The second-order valence-corrected chi connectivity index (χ2v) is 6.25. The van der Waals surface area contributed by atoms with Gasteiger partial charge in [0.25, 0.3) is 0 Å². The van der Waals surface area contributed by atoms with E-state index in [1.807, 2.05) is 0 Å². The average Bonchev–Trinajstić information content (AvgIpc) is 2.42. The third-order valence-corrected chi connectivity index (χ3v) is 5.00. The maximum atomic E-state index is 5.72. The van der Waals surface area contributed by atoms with E-state index in [4.69, 9.17) is 4.74 Å². The van der Waals surface area contributed by atoms with Gasteiger partial charge in [-0.15, -0.1) is 0 Å². The number of ether oxygens (including phenoxy) is 1. The first kappa shape index (κ1) is 14.3. The quantitative estimate of drug-likeness (QED) is 0.740. The zero-order chi connectivity index (χ0) is 12.8. The Kier molecular flexibility index (Phi) is 5.97. The molecule has 2 fully saturated rings. The molecular weight excluding hydrogens is 222 g/mol. The summed E-state index contributed by atoms with van der Waals surface area (Å²) in [6.07, 6.45) is 10.4. The number of nitrogens with zero attached hydrogens (tertiary/aromatic N) is 1. The van der Waals surface area contributed by atoms with Crippen molar-refractivity contribution in [2.24, 2.45) is 11.8 Å². The van der Waals surface area contributed by atoms with E-state index in [1.54, 1.807) is 0 Å². The molecule has 1 aliphatic heterocycles. The average molecular weight is 253 g/mol. The van der Waals surface area contributed by atoms with E-state index in [9.17, 15) is 0 Å². The zero-order valence-electron chi connectivity index (χ0n) is 12.4. The number of hydrogen-bond acceptors (Lipinski definition) is 2. The maximum Gasteiger partial charge on any atom is 0.0599 e. The van der Waals surface area contributed by atoms with Gasteiger partial charge >= 0.3 is 0 Å². The van der Waals surface area contributed by atoms with Crippen molar-refractivity contribution in [3.05, 3.63) is 0 Å². The van der Waals surface area contributed by atoms with Crippen LogP contribution in [0.5, 0.6) is 0 Å². The van der Waals surface area contributed by atoms with Gasteiger partial charge in [-0.05, 0) is 44.4 Å². The molecule has 2 rings (SSSR count). The number of likely N-dealkylation sites (tertiary alicyclic amines) is 1. The van der Waals surface area contributed by atoms with Gasteiger partial charge in [0, 0.05) is 26.2 Å². The van der Waals surface area contributed by atoms with Gasteiger partial charge in [0.05, 0.1) is 6.10 Å². The van der Waals surface area contributed by atoms with Crippen molar-refractivity contribution in [1.29, 1.82) is 0 Å². The Labute approximate surface area is 113 Å². The largest absolute Gasteiger partial charge is 0.378 e. The molecule has 1 saturated carbocycles. The fourth-order valence-corrected chi connectivity index (χ4v) is 3.68. The molecule has 0 bridgehead atoms. The summed E-state index contributed by atoms with van der Waals surface area (Å²) in [5.41, 5.74) is 0. The molecule has 2 nitrogen and oxygen atoms in total. The summed E-state index contributed by atoms with van der Waals surface area (Å²) in [6.45, 7) is 9.22. The smallest absolute Gasteiger partial charge is 0.0599 e. The molecule has 1 aliphatic carbocycles. The van der Waals surface area contributed by atoms with Gasteiger partial charge in [0.2, 0.25) is 0 Å². The van der Waals surface area contributed by atoms with Gasteiger partial charge in [0.1, 0.15) is 0 Å². The Balaban J connectivity index is 1.63. The van der Waals surface area contributed by atoms with Crippen LogP contribution in [-0.4, -0.2) is 37.2 Å². The normalized spacial score (nSPS) is 31.7. The molecule has 0 amide bonds. The molecule has 0 aromatic heterocycles. The number of rotatable bonds is 5. The molecule has 2 heteroatoms. The molecule has 0 unspecified atom stereocenters. The van der Waals surface area contributed by atoms with Crippen LogP contribution in [-0.2, 0) is 4.74 Å². The van der Waals surface area contributed by atoms with E-state index < -0.39 is 0 Å². The van der Waals surface area contributed by atoms with Crippen molar-refractivity contribution in [3.63, 3.8) is 0 Å². The minimum atomic E-state index is 0.544. The Morgan fingerprint density at radius 3 is 2.06 bits per heavy atom. The van der Waals surface area contributed by atoms with E-state index in [-0.39, 0.29) is 0 Å². The fourth-order valence-electron chi connectivity index (χ4n) is 3.68. The van der Waals surface area contributed by atoms with E-state index in [1.165, 1.54) is 64.6 Å². The molecule has 1 heterocycles. The highest BCUT2D eigenvalue weighted by Gasteiger charge is 2.24. The standard InChI is InChI=1S/C16H31NO/c1-3-14-5-7-15(8-6-14)13-17-11-9-16(10-12-17)18-4-2/h14-16H,3-13H2,1-2H3. The van der Waals surface area contributed by atoms with Gasteiger partial charge in [0.15, 0.2) is 0 Å². The molecule has 0 N–H and O–H groups in total. The van der Waals surface area contributed by atoms with Crippen molar-refractivity contribution in [2.75, 3.05) is 26.2 Å². The Morgan fingerprint density at radius 1 is 0.889 bits per heavy atom. The number of hydrogen-bond donors (Lipinski definition) is 0. The van der Waals surface area contributed by atoms with Crippen LogP contribution in [0.25, 0.3) is 0 Å². The fraction of sp³-hybridized carbons (Fsp3) is 1.00. The lowest BCUT2D eigenvalue weighted by Gasteiger charge is -2.36. The summed E-state index contributed by atoms with van der Waals surface area (Å²) in [4.78, 5) is 2.69. The lowest BCUT2D eigenvalue weighted by Crippen LogP contribution is -2.40. The Hall–Kier alpha value is -0.0800. The summed E-state index contributed by atoms with van der Waals surface area (Å²) in [6, 6.07) is 0. The first-order valence-electron chi connectivity index (χ1n) is 8.15. The van der Waals surface area contributed by atoms with Gasteiger partial charge in [-0.25, -0.2) is 0 Å². The lowest BCUT2D eigenvalue weighted by atomic mass is 9.80. The highest BCUT2D eigenvalue weighted by atomic mass is 16.5. The van der Waals surface area contributed by atoms with Crippen molar-refractivity contribution in [2.45, 2.75) is 64.9 Å². The topological polar surface area (TPSA) is 12.5 Å². The third kappa shape index (κ3) is 4.24. The molecule has 106 valence electrons. The van der Waals surface area contributed by atoms with Crippen LogP contribution < -0.4 is 0 Å². The van der Waals surface area contributed by atoms with Crippen molar-refractivity contribution in [3.8, 4) is 0 Å². The van der Waals surface area contributed by atoms with Crippen molar-refractivity contribution < 1.29 is 4.74 Å². The Morgan fingerprint density at radius 2 is 1.50 bits per heavy atom. The highest BCUT2D eigenvalue weighted by molar-refractivity contribution is 4.78. The van der Waals surface area contributed by atoms with Gasteiger partial charge < -0.3 is 9.64 Å². The predicted octanol–water partition coefficient (Wildman–Crippen LogP) is 3.70. The third-order valence-electron chi connectivity index (χ3n) is 5.00. The monoisotopic (exact) mass is 253 g/mol. The Bertz CT molecular complexity index is 215. The van der Waals surface area contributed by atoms with Gasteiger partial charge in [-0.2, -0.15) is 0 Å². The van der Waals surface area contributed by atoms with Crippen molar-refractivity contribution in [1.82, 2.24) is 4.90 Å². The second kappa shape index (κ2) is 7.49. The summed E-state index contributed by atoms with van der Waals surface area (Å²) in [5.74, 6) is 2.02. The molecule has 0 aromatic carbocycles. The summed E-state index contributed by atoms with van der Waals surface area (Å²) in [5, 5.41) is 0. The minimum Gasteiger partial charge on any atom is -0.378 e. The molecule has 18 heavy (non-hydrogen) atoms. The van der Waals surface area contributed by atoms with Crippen LogP contribution in [0.15, 0.2) is 0 Å². The van der Waals surface area contributed by atoms with E-state index >= 15 is 0 Å². The number of piperidine rings is 1. The maximum absolute atomic E-state index is 5.72. The van der Waals surface area contributed by atoms with Crippen LogP contribution in [0.1, 0.15) is 58.8 Å². The van der Waals surface area contributed by atoms with Crippen LogP contribution >= 0.6 is 0 Å². The summed E-state index contributed by atoms with van der Waals surface area (Å²) in [7, 11) is 0. The second-order valence-electron chi connectivity index (χ2n) is 6.25. The molecule has 1 saturated heterocycles. The molecule has 0 atom stereocenters. The first-order valence-corrected chi connectivity index (χ1v) is 8.15. The highest BCUT2D eigenvalue weighted by Crippen LogP contribution is 2.31. The van der Waals surface area contributed by atoms with Gasteiger partial charge in [-0.1, -0.05) is 26.2 Å². The van der Waals surface area contributed by atoms with Crippen LogP contribution in [0.3, 0.4) is 0 Å². The van der Waals surface area contributed by atoms with E-state index in [0.29, 0.717) is 6.10 Å². The lowest BCUT2D eigenvalue weighted by molar-refractivity contribution is 0.00918. The van der Waals surface area contributed by atoms with Crippen LogP contribution in [0.4, 0.5) is 0 Å². The molecule has 0 radical (unpaired) electrons. The van der Waals surface area contributed by atoms with Crippen LogP contribution in [0.2, 0.25) is 0 Å². The SMILES string of the molecule is CCOC1CCN(CC2CCC(CC)CC2)CC1. The molecule has 2 aliphatic rings. The van der Waals surface area contributed by atoms with E-state index in [2.05, 4.69) is 18.7 Å². The van der Waals surface area contributed by atoms with Crippen molar-refractivity contribution >= 4 is 0 Å². The summed E-state index contributed by atoms with van der Waals surface area (Å²) >= 11 is 0. The zero-order valence-corrected chi connectivity index (χ0v) is 12.4. The first-order chi connectivity index (χ1) is 8.81.